The van der Waals surface area contributed by atoms with Crippen LogP contribution in [-0.2, 0) is 51.2 Å². The van der Waals surface area contributed by atoms with Gasteiger partial charge in [-0.2, -0.15) is 0 Å². The van der Waals surface area contributed by atoms with Crippen LogP contribution in [0.25, 0.3) is 10.9 Å². The average molecular weight is 1030 g/mol. The van der Waals surface area contributed by atoms with E-state index < -0.39 is 102 Å². The highest BCUT2D eigenvalue weighted by Crippen LogP contribution is 2.20. The van der Waals surface area contributed by atoms with Crippen molar-refractivity contribution in [3.05, 3.63) is 54.2 Å². The topological polar surface area (TPSA) is 448 Å². The van der Waals surface area contributed by atoms with Crippen LogP contribution in [0.15, 0.2) is 48.0 Å². The molecule has 0 saturated heterocycles. The minimum Gasteiger partial charge on any atom is -0.480 e. The van der Waals surface area contributed by atoms with Crippen LogP contribution < -0.4 is 65.9 Å². The Morgan fingerprint density at radius 2 is 1.14 bits per heavy atom. The van der Waals surface area contributed by atoms with Crippen LogP contribution in [0.1, 0.15) is 89.8 Å². The lowest BCUT2D eigenvalue weighted by Gasteiger charge is -2.28. The van der Waals surface area contributed by atoms with Gasteiger partial charge in [0.15, 0.2) is 5.96 Å². The van der Waals surface area contributed by atoms with Crippen molar-refractivity contribution >= 4 is 64.2 Å². The maximum absolute atomic E-state index is 14.5. The Balaban J connectivity index is 1.99. The summed E-state index contributed by atoms with van der Waals surface area (Å²) >= 11 is 0. The first-order chi connectivity index (χ1) is 34.8. The molecule has 73 heavy (non-hydrogen) atoms. The van der Waals surface area contributed by atoms with E-state index in [1.807, 2.05) is 38.1 Å². The van der Waals surface area contributed by atoms with E-state index in [0.29, 0.717) is 36.9 Å². The number of hydrogen-bond acceptors (Lipinski definition) is 14. The van der Waals surface area contributed by atoms with Crippen LogP contribution in [0.3, 0.4) is 0 Å². The summed E-state index contributed by atoms with van der Waals surface area (Å²) in [5, 5.41) is 38.3. The van der Waals surface area contributed by atoms with Crippen molar-refractivity contribution in [2.75, 3.05) is 26.2 Å². The number of carboxylic acid groups (broad SMARTS) is 1. The molecule has 7 amide bonds. The molecule has 0 saturated carbocycles. The number of unbranched alkanes of at least 4 members (excludes halogenated alkanes) is 2. The number of fused-ring (bicyclic) bond motifs is 1. The lowest BCUT2D eigenvalue weighted by atomic mass is 10.00. The summed E-state index contributed by atoms with van der Waals surface area (Å²) in [6.45, 7) is 4.81. The van der Waals surface area contributed by atoms with E-state index in [0.717, 1.165) is 10.9 Å². The van der Waals surface area contributed by atoms with E-state index in [9.17, 15) is 48.6 Å². The summed E-state index contributed by atoms with van der Waals surface area (Å²) in [6.07, 6.45) is 6.30. The zero-order valence-electron chi connectivity index (χ0n) is 41.8. The van der Waals surface area contributed by atoms with Gasteiger partial charge in [0, 0.05) is 48.4 Å². The Hall–Kier alpha value is -7.16. The molecular weight excluding hydrogens is 949 g/mol. The molecule has 0 aliphatic heterocycles. The zero-order valence-corrected chi connectivity index (χ0v) is 41.8. The fourth-order valence-electron chi connectivity index (χ4n) is 7.65. The number of nitrogens with zero attached hydrogens (tertiary/aromatic N) is 2. The second kappa shape index (κ2) is 31.3. The number of H-pyrrole nitrogens is 2. The first kappa shape index (κ1) is 60.1. The van der Waals surface area contributed by atoms with Gasteiger partial charge in [0.1, 0.15) is 48.3 Å². The number of hydrogen-bond donors (Lipinski definition) is 16. The number of rotatable bonds is 34. The third-order valence-electron chi connectivity index (χ3n) is 11.7. The summed E-state index contributed by atoms with van der Waals surface area (Å²) in [4.78, 5) is 123. The molecule has 404 valence electrons. The molecule has 0 aliphatic carbocycles. The number of guanidine groups is 1. The van der Waals surface area contributed by atoms with E-state index in [4.69, 9.17) is 28.7 Å². The fourth-order valence-corrected chi connectivity index (χ4v) is 7.65. The average Bonchev–Trinajstić information content (AvgIpc) is 4.03. The number of aromatic nitrogens is 3. The first-order valence-corrected chi connectivity index (χ1v) is 24.5. The Labute approximate surface area is 423 Å². The Kier molecular flexibility index (Phi) is 25.8. The van der Waals surface area contributed by atoms with Crippen LogP contribution >= 0.6 is 0 Å². The maximum Gasteiger partial charge on any atom is 0.325 e. The van der Waals surface area contributed by atoms with Crippen molar-refractivity contribution in [3.8, 4) is 0 Å². The molecule has 3 aromatic rings. The molecule has 1 aromatic carbocycles. The lowest BCUT2D eigenvalue weighted by Crippen LogP contribution is -2.60. The minimum absolute atomic E-state index is 0.0392. The van der Waals surface area contributed by atoms with E-state index in [1.54, 1.807) is 6.20 Å². The van der Waals surface area contributed by atoms with Gasteiger partial charge in [0.05, 0.1) is 12.9 Å². The number of benzene rings is 1. The first-order valence-electron chi connectivity index (χ1n) is 24.5. The van der Waals surface area contributed by atoms with Crippen molar-refractivity contribution in [1.29, 1.82) is 0 Å². The van der Waals surface area contributed by atoms with Gasteiger partial charge in [-0.05, 0) is 95.3 Å². The fraction of sp³-hybridized carbons (Fsp3) is 0.574. The third-order valence-corrected chi connectivity index (χ3v) is 11.7. The van der Waals surface area contributed by atoms with Crippen LogP contribution in [0.4, 0.5) is 0 Å². The number of aliphatic hydroxyl groups excluding tert-OH is 1. The Morgan fingerprint density at radius 3 is 1.64 bits per heavy atom. The molecule has 0 aliphatic rings. The highest BCUT2D eigenvalue weighted by Gasteiger charge is 2.35. The van der Waals surface area contributed by atoms with Gasteiger partial charge in [-0.3, -0.25) is 43.3 Å². The van der Waals surface area contributed by atoms with Gasteiger partial charge in [-0.15, -0.1) is 0 Å². The summed E-state index contributed by atoms with van der Waals surface area (Å²) in [6, 6.07) is -3.06. The molecule has 8 atom stereocenters. The molecule has 0 fully saturated rings. The maximum atomic E-state index is 14.5. The van der Waals surface area contributed by atoms with Crippen molar-refractivity contribution in [2.24, 2.45) is 39.6 Å². The molecule has 0 bridgehead atoms. The smallest absolute Gasteiger partial charge is 0.325 e. The van der Waals surface area contributed by atoms with Crippen molar-refractivity contribution < 1.29 is 48.6 Å². The second-order valence-electron chi connectivity index (χ2n) is 18.2. The molecule has 21 N–H and O–H groups in total. The summed E-state index contributed by atoms with van der Waals surface area (Å²) in [5.74, 6) is -7.10. The summed E-state index contributed by atoms with van der Waals surface area (Å²) in [5.41, 5.74) is 30.3. The second-order valence-corrected chi connectivity index (χ2v) is 18.2. The van der Waals surface area contributed by atoms with E-state index in [1.165, 1.54) is 19.4 Å². The minimum atomic E-state index is -1.35. The van der Waals surface area contributed by atoms with E-state index in [-0.39, 0.29) is 76.5 Å². The summed E-state index contributed by atoms with van der Waals surface area (Å²) < 4.78 is 0. The normalized spacial score (nSPS) is 14.5. The van der Waals surface area contributed by atoms with Gasteiger partial charge in [0.2, 0.25) is 41.4 Å². The van der Waals surface area contributed by atoms with Crippen molar-refractivity contribution in [1.82, 2.24) is 52.2 Å². The molecule has 0 spiro atoms. The number of imidazole rings is 1. The highest BCUT2D eigenvalue weighted by molar-refractivity contribution is 5.98. The number of nitrogens with two attached hydrogens (primary N) is 5. The lowest BCUT2D eigenvalue weighted by molar-refractivity contribution is -0.142. The van der Waals surface area contributed by atoms with E-state index >= 15 is 0 Å². The molecule has 26 nitrogen and oxygen atoms in total. The van der Waals surface area contributed by atoms with Crippen LogP contribution in [0, 0.1) is 5.92 Å². The number of carbonyl (C=O) groups excluding carboxylic acids is 7. The number of aliphatic hydroxyl groups is 1. The van der Waals surface area contributed by atoms with Crippen molar-refractivity contribution in [2.45, 2.75) is 140 Å². The predicted octanol–water partition coefficient (Wildman–Crippen LogP) is -3.15. The number of aromatic amines is 2. The van der Waals surface area contributed by atoms with E-state index in [2.05, 4.69) is 57.2 Å². The quantitative estimate of drug-likeness (QED) is 0.0160. The largest absolute Gasteiger partial charge is 0.480 e. The zero-order chi connectivity index (χ0) is 54.0. The van der Waals surface area contributed by atoms with Gasteiger partial charge < -0.3 is 86.1 Å². The predicted molar refractivity (Wildman–Crippen MR) is 271 cm³/mol. The number of nitrogens with one attached hydrogen (secondary N) is 9. The third kappa shape index (κ3) is 20.8. The standard InChI is InChI=1S/C47H76N16O10/c1-26(2)19-36(43(69)57-27(3)46(72)73)62-44(70)37(20-28-22-55-32-12-5-4-11-30(28)32)63-42(68)34(14-7-9-17-49)58-41(67)35(15-10-18-54-47(51)52)59-40(66)33(13-6-8-16-48)60-45(71)38(21-29-23-53-25-56-29)61-39(65)31(50)24-64/h4-5,11-12,22-23,25-27,31,33-38,55,64H,6-10,13-21,24,48-50H2,1-3H3,(H,53,56)(H,57,69)(H,58,67)(H,59,66)(H,60,71)(H,61,65)(H,62,70)(H,63,68)(H,72,73)(H4,51,52,54)/t27-,31-,33-,34-,35-,36-,37-,38-/m0/s1. The SMILES string of the molecule is CC(C)C[C@H](NC(=O)[C@H](Cc1c[nH]c2ccccc12)NC(=O)[C@H](CCCCN)NC(=O)[C@H](CCCN=C(N)N)NC(=O)[C@H](CCCCN)NC(=O)[C@H](Cc1cnc[nH]1)NC(=O)[C@@H](N)CO)C(=O)N[C@@H](C)C(=O)O. The number of para-hydroxylation sites is 1. The van der Waals surface area contributed by atoms with Crippen molar-refractivity contribution in [3.63, 3.8) is 0 Å². The molecule has 2 heterocycles. The number of aliphatic imine (C=N–C) groups is 1. The van der Waals surface area contributed by atoms with Crippen LogP contribution in [0.2, 0.25) is 0 Å². The highest BCUT2D eigenvalue weighted by atomic mass is 16.4. The Bertz CT molecular complexity index is 2290. The Morgan fingerprint density at radius 1 is 0.644 bits per heavy atom. The molecule has 26 heteroatoms. The van der Waals surface area contributed by atoms with Crippen LogP contribution in [-0.4, -0.2) is 153 Å². The van der Waals surface area contributed by atoms with Crippen LogP contribution in [0.5, 0.6) is 0 Å². The van der Waals surface area contributed by atoms with Gasteiger partial charge in [-0.1, -0.05) is 32.0 Å². The van der Waals surface area contributed by atoms with Gasteiger partial charge in [0.25, 0.3) is 0 Å². The van der Waals surface area contributed by atoms with Gasteiger partial charge in [-0.25, -0.2) is 4.98 Å². The molecule has 2 aromatic heterocycles. The molecule has 0 radical (unpaired) electrons. The van der Waals surface area contributed by atoms with Gasteiger partial charge >= 0.3 is 5.97 Å². The monoisotopic (exact) mass is 1020 g/mol. The number of amides is 7. The molecular formula is C47H76N16O10. The summed E-state index contributed by atoms with van der Waals surface area (Å²) in [7, 11) is 0. The molecule has 0 unspecified atom stereocenters. The number of aliphatic carboxylic acids is 1. The number of carboxylic acids is 1. The molecule has 3 rings (SSSR count). The number of carbonyl (C=O) groups is 8.